The quantitative estimate of drug-likeness (QED) is 0.343. The fraction of sp³-hybridized carbons (Fsp3) is 0.308. The third-order valence-corrected chi connectivity index (χ3v) is 6.92. The van der Waals surface area contributed by atoms with Crippen molar-refractivity contribution in [3.8, 4) is 0 Å². The Labute approximate surface area is 188 Å². The van der Waals surface area contributed by atoms with Crippen LogP contribution in [0.15, 0.2) is 60.7 Å². The van der Waals surface area contributed by atoms with Crippen molar-refractivity contribution in [1.29, 1.82) is 0 Å². The zero-order valence-corrected chi connectivity index (χ0v) is 19.3. The van der Waals surface area contributed by atoms with Crippen molar-refractivity contribution in [3.05, 3.63) is 71.8 Å². The SMILES string of the molecule is CCc1ccc2nc(N(CCN(CC)CC)C(=O)c3cccc4ccccc34)sc2c1. The molecule has 31 heavy (non-hydrogen) atoms. The molecule has 4 rings (SSSR count). The number of rotatable bonds is 8. The fourth-order valence-electron chi connectivity index (χ4n) is 3.91. The van der Waals surface area contributed by atoms with Crippen LogP contribution in [0.3, 0.4) is 0 Å². The van der Waals surface area contributed by atoms with E-state index in [1.54, 1.807) is 11.3 Å². The first-order valence-corrected chi connectivity index (χ1v) is 11.9. The van der Waals surface area contributed by atoms with Crippen LogP contribution in [0.5, 0.6) is 0 Å². The molecule has 0 spiro atoms. The minimum absolute atomic E-state index is 0.0127. The number of hydrogen-bond donors (Lipinski definition) is 0. The van der Waals surface area contributed by atoms with Gasteiger partial charge in [0, 0.05) is 18.7 Å². The lowest BCUT2D eigenvalue weighted by molar-refractivity contribution is 0.0985. The number of carbonyl (C=O) groups is 1. The highest BCUT2D eigenvalue weighted by atomic mass is 32.1. The Morgan fingerprint density at radius 3 is 2.48 bits per heavy atom. The van der Waals surface area contributed by atoms with Crippen LogP contribution in [0.25, 0.3) is 21.0 Å². The van der Waals surface area contributed by atoms with Gasteiger partial charge >= 0.3 is 0 Å². The molecule has 0 aliphatic carbocycles. The summed E-state index contributed by atoms with van der Waals surface area (Å²) in [7, 11) is 0. The monoisotopic (exact) mass is 431 g/mol. The molecule has 1 amide bonds. The van der Waals surface area contributed by atoms with E-state index in [9.17, 15) is 4.79 Å². The fourth-order valence-corrected chi connectivity index (χ4v) is 4.97. The van der Waals surface area contributed by atoms with Crippen LogP contribution in [0.1, 0.15) is 36.7 Å². The Morgan fingerprint density at radius 1 is 0.935 bits per heavy atom. The highest BCUT2D eigenvalue weighted by Crippen LogP contribution is 2.31. The molecule has 0 saturated carbocycles. The van der Waals surface area contributed by atoms with E-state index >= 15 is 0 Å². The van der Waals surface area contributed by atoms with Crippen molar-refractivity contribution in [1.82, 2.24) is 9.88 Å². The molecular weight excluding hydrogens is 402 g/mol. The average Bonchev–Trinajstić information content (AvgIpc) is 3.24. The summed E-state index contributed by atoms with van der Waals surface area (Å²) in [5.74, 6) is 0.0127. The van der Waals surface area contributed by atoms with Crippen LogP contribution in [0, 0.1) is 0 Å². The molecule has 0 aliphatic rings. The van der Waals surface area contributed by atoms with Gasteiger partial charge in [-0.1, -0.05) is 74.6 Å². The zero-order chi connectivity index (χ0) is 21.8. The van der Waals surface area contributed by atoms with Crippen molar-refractivity contribution in [2.45, 2.75) is 27.2 Å². The van der Waals surface area contributed by atoms with Crippen LogP contribution >= 0.6 is 11.3 Å². The van der Waals surface area contributed by atoms with Crippen LogP contribution < -0.4 is 4.90 Å². The largest absolute Gasteiger partial charge is 0.302 e. The minimum atomic E-state index is 0.0127. The molecule has 0 atom stereocenters. The predicted molar refractivity (Wildman–Crippen MR) is 132 cm³/mol. The van der Waals surface area contributed by atoms with E-state index in [1.807, 2.05) is 35.2 Å². The standard InChI is InChI=1S/C26H29N3OS/c1-4-19-14-15-23-24(18-19)31-26(27-23)29(17-16-28(5-2)6-3)25(30)22-13-9-11-20-10-7-8-12-21(20)22/h7-15,18H,4-6,16-17H2,1-3H3. The minimum Gasteiger partial charge on any atom is -0.302 e. The van der Waals surface area contributed by atoms with E-state index in [2.05, 4.69) is 56.0 Å². The number of aryl methyl sites for hydroxylation is 1. The van der Waals surface area contributed by atoms with E-state index in [0.717, 1.165) is 57.7 Å². The lowest BCUT2D eigenvalue weighted by Crippen LogP contribution is -2.39. The van der Waals surface area contributed by atoms with Gasteiger partial charge in [0.05, 0.1) is 10.2 Å². The highest BCUT2D eigenvalue weighted by Gasteiger charge is 2.23. The molecule has 0 N–H and O–H groups in total. The molecule has 0 aliphatic heterocycles. The normalized spacial score (nSPS) is 11.5. The number of thiazole rings is 1. The van der Waals surface area contributed by atoms with Gasteiger partial charge in [0.15, 0.2) is 5.13 Å². The zero-order valence-electron chi connectivity index (χ0n) is 18.5. The number of fused-ring (bicyclic) bond motifs is 2. The molecule has 1 heterocycles. The number of likely N-dealkylation sites (N-methyl/N-ethyl adjacent to an activating group) is 1. The van der Waals surface area contributed by atoms with E-state index in [1.165, 1.54) is 5.56 Å². The first-order chi connectivity index (χ1) is 15.1. The van der Waals surface area contributed by atoms with Crippen LogP contribution in [-0.2, 0) is 6.42 Å². The highest BCUT2D eigenvalue weighted by molar-refractivity contribution is 7.22. The number of benzene rings is 3. The van der Waals surface area contributed by atoms with Crippen LogP contribution in [0.4, 0.5) is 5.13 Å². The maximum Gasteiger partial charge on any atom is 0.260 e. The summed E-state index contributed by atoms with van der Waals surface area (Å²) < 4.78 is 1.13. The molecule has 0 unspecified atom stereocenters. The van der Waals surface area contributed by atoms with Crippen molar-refractivity contribution in [3.63, 3.8) is 0 Å². The van der Waals surface area contributed by atoms with Gasteiger partial charge in [0.2, 0.25) is 0 Å². The summed E-state index contributed by atoms with van der Waals surface area (Å²) in [4.78, 5) is 22.9. The van der Waals surface area contributed by atoms with Gasteiger partial charge in [-0.3, -0.25) is 9.69 Å². The van der Waals surface area contributed by atoms with E-state index in [4.69, 9.17) is 4.98 Å². The van der Waals surface area contributed by atoms with Gasteiger partial charge in [-0.25, -0.2) is 4.98 Å². The van der Waals surface area contributed by atoms with E-state index in [-0.39, 0.29) is 5.91 Å². The number of carbonyl (C=O) groups excluding carboxylic acids is 1. The van der Waals surface area contributed by atoms with Gasteiger partial charge in [-0.15, -0.1) is 0 Å². The van der Waals surface area contributed by atoms with E-state index in [0.29, 0.717) is 6.54 Å². The second-order valence-corrected chi connectivity index (χ2v) is 8.67. The lowest BCUT2D eigenvalue weighted by Gasteiger charge is -2.25. The van der Waals surface area contributed by atoms with Gasteiger partial charge in [-0.2, -0.15) is 0 Å². The molecule has 3 aromatic carbocycles. The number of amides is 1. The van der Waals surface area contributed by atoms with Crippen molar-refractivity contribution >= 4 is 43.4 Å². The van der Waals surface area contributed by atoms with Crippen LogP contribution in [0.2, 0.25) is 0 Å². The van der Waals surface area contributed by atoms with Crippen molar-refractivity contribution in [2.75, 3.05) is 31.1 Å². The average molecular weight is 432 g/mol. The molecule has 5 heteroatoms. The predicted octanol–water partition coefficient (Wildman–Crippen LogP) is 6.00. The Kier molecular flexibility index (Phi) is 6.64. The lowest BCUT2D eigenvalue weighted by atomic mass is 10.0. The number of hydrogen-bond acceptors (Lipinski definition) is 4. The van der Waals surface area contributed by atoms with Gasteiger partial charge < -0.3 is 4.90 Å². The van der Waals surface area contributed by atoms with E-state index < -0.39 is 0 Å². The molecule has 0 radical (unpaired) electrons. The van der Waals surface area contributed by atoms with Gasteiger partial charge in [0.1, 0.15) is 0 Å². The number of nitrogens with zero attached hydrogens (tertiary/aromatic N) is 3. The van der Waals surface area contributed by atoms with Crippen molar-refractivity contribution in [2.24, 2.45) is 0 Å². The molecule has 0 saturated heterocycles. The third-order valence-electron chi connectivity index (χ3n) is 5.88. The maximum absolute atomic E-state index is 13.8. The molecule has 160 valence electrons. The first-order valence-electron chi connectivity index (χ1n) is 11.1. The summed E-state index contributed by atoms with van der Waals surface area (Å²) in [5, 5.41) is 2.83. The second-order valence-electron chi connectivity index (χ2n) is 7.66. The Morgan fingerprint density at radius 2 is 1.71 bits per heavy atom. The smallest absolute Gasteiger partial charge is 0.260 e. The van der Waals surface area contributed by atoms with Gasteiger partial charge in [-0.05, 0) is 54.0 Å². The summed E-state index contributed by atoms with van der Waals surface area (Å²) in [6, 6.07) is 20.4. The molecule has 0 bridgehead atoms. The summed E-state index contributed by atoms with van der Waals surface area (Å²) in [5.41, 5.74) is 2.97. The van der Waals surface area contributed by atoms with Crippen LogP contribution in [-0.4, -0.2) is 42.0 Å². The second kappa shape index (κ2) is 9.58. The molecular formula is C26H29N3OS. The Balaban J connectivity index is 1.76. The Bertz CT molecular complexity index is 1190. The summed E-state index contributed by atoms with van der Waals surface area (Å²) in [6.07, 6.45) is 0.990. The molecule has 4 aromatic rings. The maximum atomic E-state index is 13.8. The molecule has 0 fully saturated rings. The number of aromatic nitrogens is 1. The summed E-state index contributed by atoms with van der Waals surface area (Å²) >= 11 is 1.61. The third kappa shape index (κ3) is 4.48. The number of anilines is 1. The summed E-state index contributed by atoms with van der Waals surface area (Å²) in [6.45, 7) is 9.83. The Hall–Kier alpha value is -2.76. The first kappa shape index (κ1) is 21.5. The van der Waals surface area contributed by atoms with Gasteiger partial charge in [0.25, 0.3) is 5.91 Å². The topological polar surface area (TPSA) is 36.4 Å². The molecule has 1 aromatic heterocycles. The molecule has 4 nitrogen and oxygen atoms in total. The van der Waals surface area contributed by atoms with Crippen molar-refractivity contribution < 1.29 is 4.79 Å².